The van der Waals surface area contributed by atoms with Gasteiger partial charge in [0.05, 0.1) is 0 Å². The van der Waals surface area contributed by atoms with Crippen LogP contribution in [0.5, 0.6) is 0 Å². The highest BCUT2D eigenvalue weighted by molar-refractivity contribution is 6.32. The van der Waals surface area contributed by atoms with Crippen LogP contribution in [0.15, 0.2) is 70.4 Å². The van der Waals surface area contributed by atoms with Crippen LogP contribution >= 0.6 is 11.6 Å². The van der Waals surface area contributed by atoms with Crippen molar-refractivity contribution in [1.29, 1.82) is 0 Å². The molecular weight excluding hydrogens is 334 g/mol. The third-order valence-electron chi connectivity index (χ3n) is 4.14. The van der Waals surface area contributed by atoms with Crippen LogP contribution in [0, 0.1) is 6.92 Å². The summed E-state index contributed by atoms with van der Waals surface area (Å²) >= 11 is 6.28. The van der Waals surface area contributed by atoms with Gasteiger partial charge in [-0.2, -0.15) is 0 Å². The lowest BCUT2D eigenvalue weighted by molar-refractivity contribution is 0.286. The third-order valence-corrected chi connectivity index (χ3v) is 4.55. The first-order valence-electron chi connectivity index (χ1n) is 8.17. The van der Waals surface area contributed by atoms with Crippen LogP contribution in [0.3, 0.4) is 0 Å². The van der Waals surface area contributed by atoms with Crippen LogP contribution in [0.4, 0.5) is 0 Å². The highest BCUT2D eigenvalue weighted by atomic mass is 35.5. The van der Waals surface area contributed by atoms with Gasteiger partial charge in [-0.1, -0.05) is 48.0 Å². The predicted molar refractivity (Wildman–Crippen MR) is 103 cm³/mol. The van der Waals surface area contributed by atoms with Gasteiger partial charge in [-0.05, 0) is 35.7 Å². The summed E-state index contributed by atoms with van der Waals surface area (Å²) in [6.45, 7) is 7.85. The lowest BCUT2D eigenvalue weighted by atomic mass is 10.1. The van der Waals surface area contributed by atoms with Gasteiger partial charge in [0.2, 0.25) is 0 Å². The average Bonchev–Trinajstić information content (AvgIpc) is 2.58. The molecule has 0 aliphatic heterocycles. The minimum Gasteiger partial charge on any atom is -0.423 e. The second-order valence-corrected chi connectivity index (χ2v) is 6.54. The summed E-state index contributed by atoms with van der Waals surface area (Å²) in [5, 5.41) is 1.54. The van der Waals surface area contributed by atoms with E-state index in [1.54, 1.807) is 6.07 Å². The van der Waals surface area contributed by atoms with Crippen molar-refractivity contribution >= 4 is 22.6 Å². The second-order valence-electron chi connectivity index (χ2n) is 6.13. The normalized spacial score (nSPS) is 11.2. The maximum Gasteiger partial charge on any atom is 0.336 e. The first kappa shape index (κ1) is 17.5. The summed E-state index contributed by atoms with van der Waals surface area (Å²) < 4.78 is 5.35. The highest BCUT2D eigenvalue weighted by Gasteiger charge is 2.12. The number of hydrogen-bond donors (Lipinski definition) is 0. The maximum absolute atomic E-state index is 12.0. The number of fused-ring (bicyclic) bond motifs is 1. The fourth-order valence-electron chi connectivity index (χ4n) is 2.93. The van der Waals surface area contributed by atoms with Crippen molar-refractivity contribution in [3.8, 4) is 0 Å². The van der Waals surface area contributed by atoms with Crippen molar-refractivity contribution in [3.63, 3.8) is 0 Å². The first-order valence-corrected chi connectivity index (χ1v) is 8.54. The molecule has 3 nitrogen and oxygen atoms in total. The Morgan fingerprint density at radius 1 is 1.16 bits per heavy atom. The zero-order chi connectivity index (χ0) is 17.8. The summed E-state index contributed by atoms with van der Waals surface area (Å²) in [5.41, 5.74) is 3.24. The fourth-order valence-corrected chi connectivity index (χ4v) is 3.09. The lowest BCUT2D eigenvalue weighted by Crippen LogP contribution is -2.23. The molecule has 0 radical (unpaired) electrons. The quantitative estimate of drug-likeness (QED) is 0.464. The van der Waals surface area contributed by atoms with Crippen LogP contribution < -0.4 is 5.63 Å². The van der Waals surface area contributed by atoms with Gasteiger partial charge in [0.1, 0.15) is 5.58 Å². The number of aryl methyl sites for hydroxylation is 1. The number of rotatable bonds is 6. The predicted octanol–water partition coefficient (Wildman–Crippen LogP) is 4.94. The molecule has 0 saturated heterocycles. The first-order chi connectivity index (χ1) is 12.1. The van der Waals surface area contributed by atoms with Gasteiger partial charge in [-0.15, -0.1) is 6.58 Å². The van der Waals surface area contributed by atoms with E-state index in [0.29, 0.717) is 17.2 Å². The summed E-state index contributed by atoms with van der Waals surface area (Å²) in [7, 11) is 0. The molecule has 0 saturated carbocycles. The Labute approximate surface area is 152 Å². The van der Waals surface area contributed by atoms with Crippen LogP contribution in [0.25, 0.3) is 11.0 Å². The molecule has 3 rings (SSSR count). The molecule has 1 aromatic heterocycles. The minimum absolute atomic E-state index is 0.345. The summed E-state index contributed by atoms with van der Waals surface area (Å²) in [5.74, 6) is 0. The molecule has 25 heavy (non-hydrogen) atoms. The van der Waals surface area contributed by atoms with Gasteiger partial charge in [0, 0.05) is 36.1 Å². The van der Waals surface area contributed by atoms with Gasteiger partial charge in [-0.25, -0.2) is 4.79 Å². The molecule has 128 valence electrons. The van der Waals surface area contributed by atoms with Gasteiger partial charge >= 0.3 is 5.63 Å². The van der Waals surface area contributed by atoms with Crippen LogP contribution in [-0.2, 0) is 13.1 Å². The second kappa shape index (κ2) is 7.68. The largest absolute Gasteiger partial charge is 0.423 e. The van der Waals surface area contributed by atoms with E-state index in [-0.39, 0.29) is 5.63 Å². The monoisotopic (exact) mass is 353 g/mol. The van der Waals surface area contributed by atoms with E-state index in [0.717, 1.165) is 29.6 Å². The van der Waals surface area contributed by atoms with E-state index >= 15 is 0 Å². The average molecular weight is 354 g/mol. The van der Waals surface area contributed by atoms with E-state index in [1.165, 1.54) is 5.56 Å². The van der Waals surface area contributed by atoms with E-state index in [9.17, 15) is 4.79 Å². The van der Waals surface area contributed by atoms with E-state index in [1.807, 2.05) is 43.3 Å². The van der Waals surface area contributed by atoms with Crippen LogP contribution in [0.2, 0.25) is 5.02 Å². The molecule has 2 aromatic carbocycles. The lowest BCUT2D eigenvalue weighted by Gasteiger charge is -2.21. The molecule has 0 atom stereocenters. The van der Waals surface area contributed by atoms with Gasteiger partial charge in [0.25, 0.3) is 0 Å². The summed E-state index contributed by atoms with van der Waals surface area (Å²) in [6, 6.07) is 15.5. The van der Waals surface area contributed by atoms with Crippen molar-refractivity contribution in [2.75, 3.05) is 6.54 Å². The van der Waals surface area contributed by atoms with Gasteiger partial charge < -0.3 is 4.42 Å². The maximum atomic E-state index is 12.0. The molecule has 1 heterocycles. The Kier molecular flexibility index (Phi) is 5.37. The van der Waals surface area contributed by atoms with Crippen molar-refractivity contribution in [1.82, 2.24) is 4.90 Å². The minimum atomic E-state index is -0.345. The van der Waals surface area contributed by atoms with E-state index in [4.69, 9.17) is 16.0 Å². The van der Waals surface area contributed by atoms with E-state index in [2.05, 4.69) is 23.6 Å². The van der Waals surface area contributed by atoms with Crippen molar-refractivity contribution in [2.24, 2.45) is 0 Å². The molecule has 0 amide bonds. The fraction of sp³-hybridized carbons (Fsp3) is 0.190. The van der Waals surface area contributed by atoms with Crippen molar-refractivity contribution in [3.05, 3.63) is 93.3 Å². The Hall–Kier alpha value is -2.36. The Morgan fingerprint density at radius 2 is 1.92 bits per heavy atom. The molecule has 0 aliphatic carbocycles. The molecule has 0 fully saturated rings. The van der Waals surface area contributed by atoms with Crippen LogP contribution in [0.1, 0.15) is 16.7 Å². The van der Waals surface area contributed by atoms with Gasteiger partial charge in [-0.3, -0.25) is 4.90 Å². The van der Waals surface area contributed by atoms with Gasteiger partial charge in [0.15, 0.2) is 0 Å². The summed E-state index contributed by atoms with van der Waals surface area (Å²) in [4.78, 5) is 14.2. The van der Waals surface area contributed by atoms with E-state index < -0.39 is 0 Å². The Morgan fingerprint density at radius 3 is 2.64 bits per heavy atom. The molecule has 0 unspecified atom stereocenters. The Balaban J connectivity index is 1.97. The zero-order valence-electron chi connectivity index (χ0n) is 14.2. The molecule has 4 heteroatoms. The van der Waals surface area contributed by atoms with Crippen LogP contribution in [-0.4, -0.2) is 11.4 Å². The SMILES string of the molecule is C=CCN(Cc1ccccc1)Cc1cc(=O)oc2cc(C)c(Cl)cc12. The number of benzene rings is 2. The van der Waals surface area contributed by atoms with Crippen molar-refractivity contribution < 1.29 is 4.42 Å². The smallest absolute Gasteiger partial charge is 0.336 e. The molecule has 3 aromatic rings. The third kappa shape index (κ3) is 4.19. The molecule has 0 aliphatic rings. The molecule has 0 N–H and O–H groups in total. The summed E-state index contributed by atoms with van der Waals surface area (Å²) in [6.07, 6.45) is 1.87. The standard InChI is InChI=1S/C21H20ClNO2/c1-3-9-23(13-16-7-5-4-6-8-16)14-17-11-21(24)25-20-10-15(2)19(22)12-18(17)20/h3-8,10-12H,1,9,13-14H2,2H3. The number of hydrogen-bond acceptors (Lipinski definition) is 3. The Bertz CT molecular complexity index is 947. The highest BCUT2D eigenvalue weighted by Crippen LogP contribution is 2.26. The zero-order valence-corrected chi connectivity index (χ0v) is 14.9. The molecule has 0 bridgehead atoms. The molecular formula is C21H20ClNO2. The number of halogens is 1. The number of nitrogens with zero attached hydrogens (tertiary/aromatic N) is 1. The topological polar surface area (TPSA) is 33.5 Å². The molecule has 0 spiro atoms. The van der Waals surface area contributed by atoms with Crippen molar-refractivity contribution in [2.45, 2.75) is 20.0 Å².